The monoisotopic (exact) mass is 267 g/mol. The summed E-state index contributed by atoms with van der Waals surface area (Å²) in [5.74, 6) is 0.735. The molecule has 2 aromatic rings. The van der Waals surface area contributed by atoms with Crippen molar-refractivity contribution in [2.75, 3.05) is 0 Å². The van der Waals surface area contributed by atoms with Gasteiger partial charge in [-0.1, -0.05) is 47.6 Å². The summed E-state index contributed by atoms with van der Waals surface area (Å²) in [5.41, 5.74) is 0. The molecule has 0 bridgehead atoms. The molecule has 0 aliphatic heterocycles. The van der Waals surface area contributed by atoms with Crippen molar-refractivity contribution < 1.29 is 4.18 Å². The fourth-order valence-electron chi connectivity index (χ4n) is 1.12. The number of fused-ring (bicyclic) bond motifs is 1. The quantitative estimate of drug-likeness (QED) is 0.541. The van der Waals surface area contributed by atoms with Gasteiger partial charge < -0.3 is 4.18 Å². The van der Waals surface area contributed by atoms with Crippen molar-refractivity contribution in [1.82, 2.24) is 4.98 Å². The van der Waals surface area contributed by atoms with Crippen LogP contribution in [0.2, 0.25) is 0 Å². The van der Waals surface area contributed by atoms with Crippen LogP contribution in [0.25, 0.3) is 10.8 Å². The van der Waals surface area contributed by atoms with Crippen molar-refractivity contribution in [3.63, 3.8) is 0 Å². The van der Waals surface area contributed by atoms with Gasteiger partial charge in [-0.15, -0.1) is 0 Å². The molecule has 0 aliphatic carbocycles. The van der Waals surface area contributed by atoms with E-state index in [0.717, 1.165) is 16.5 Å². The zero-order valence-corrected chi connectivity index (χ0v) is 13.2. The van der Waals surface area contributed by atoms with E-state index in [0.29, 0.717) is 0 Å². The van der Waals surface area contributed by atoms with Gasteiger partial charge in [-0.05, 0) is 23.6 Å². The predicted octanol–water partition coefficient (Wildman–Crippen LogP) is 5.54. The van der Waals surface area contributed by atoms with Crippen molar-refractivity contribution in [3.8, 4) is 5.75 Å². The Morgan fingerprint density at radius 2 is 1.50 bits per heavy atom. The Balaban J connectivity index is 0. The molecule has 0 fully saturated rings. The second-order valence-corrected chi connectivity index (χ2v) is 2.66. The number of nitrogens with zero attached hydrogens (tertiary/aromatic N) is 1. The van der Waals surface area contributed by atoms with E-state index in [1.165, 1.54) is 0 Å². The van der Waals surface area contributed by atoms with E-state index < -0.39 is 0 Å². The molecule has 1 aromatic heterocycles. The van der Waals surface area contributed by atoms with Crippen molar-refractivity contribution in [1.29, 1.82) is 0 Å². The molecule has 0 amide bonds. The van der Waals surface area contributed by atoms with Crippen LogP contribution in [0.1, 0.15) is 41.5 Å². The van der Waals surface area contributed by atoms with Crippen LogP contribution in [0.15, 0.2) is 36.7 Å². The van der Waals surface area contributed by atoms with Crippen LogP contribution in [0.4, 0.5) is 0 Å². The SMILES string of the molecule is CC.CC.CC.SOc1ccc2ccncc2c1. The summed E-state index contributed by atoms with van der Waals surface area (Å²) in [5, 5.41) is 2.21. The second kappa shape index (κ2) is 13.8. The van der Waals surface area contributed by atoms with Gasteiger partial charge in [0.2, 0.25) is 0 Å². The Hall–Kier alpha value is -1.22. The van der Waals surface area contributed by atoms with Crippen molar-refractivity contribution in [3.05, 3.63) is 36.7 Å². The highest BCUT2D eigenvalue weighted by molar-refractivity contribution is 7.75. The molecule has 0 unspecified atom stereocenters. The molecule has 0 spiro atoms. The largest absolute Gasteiger partial charge is 0.429 e. The highest BCUT2D eigenvalue weighted by atomic mass is 32.1. The highest BCUT2D eigenvalue weighted by Crippen LogP contribution is 2.19. The standard InChI is InChI=1S/C9H7NOS.3C2H6/c12-11-9-2-1-7-3-4-10-6-8(7)5-9;3*1-2/h1-6,12H;3*1-2H3. The molecule has 0 saturated heterocycles. The van der Waals surface area contributed by atoms with Gasteiger partial charge in [-0.25, -0.2) is 0 Å². The van der Waals surface area contributed by atoms with E-state index in [4.69, 9.17) is 4.18 Å². The van der Waals surface area contributed by atoms with E-state index in [1.807, 2.05) is 65.8 Å². The maximum atomic E-state index is 4.79. The van der Waals surface area contributed by atoms with Crippen LogP contribution >= 0.6 is 12.9 Å². The van der Waals surface area contributed by atoms with E-state index in [2.05, 4.69) is 17.9 Å². The number of hydrogen-bond acceptors (Lipinski definition) is 3. The summed E-state index contributed by atoms with van der Waals surface area (Å²) in [7, 11) is 0. The zero-order chi connectivity index (χ0) is 14.4. The average molecular weight is 267 g/mol. The summed E-state index contributed by atoms with van der Waals surface area (Å²) in [6.45, 7) is 12.0. The molecule has 3 heteroatoms. The minimum atomic E-state index is 0.735. The lowest BCUT2D eigenvalue weighted by Crippen LogP contribution is -1.77. The zero-order valence-electron chi connectivity index (χ0n) is 12.3. The molecule has 2 rings (SSSR count). The van der Waals surface area contributed by atoms with E-state index in [1.54, 1.807) is 12.4 Å². The molecule has 1 aromatic carbocycles. The molecule has 2 nitrogen and oxygen atoms in total. The molecular weight excluding hydrogens is 242 g/mol. The summed E-state index contributed by atoms with van der Waals surface area (Å²) >= 11 is 3.72. The van der Waals surface area contributed by atoms with Crippen LogP contribution in [0, 0.1) is 0 Å². The summed E-state index contributed by atoms with van der Waals surface area (Å²) < 4.78 is 4.79. The lowest BCUT2D eigenvalue weighted by atomic mass is 10.2. The number of benzene rings is 1. The summed E-state index contributed by atoms with van der Waals surface area (Å²) in [4.78, 5) is 4.01. The number of pyridine rings is 1. The molecule has 0 saturated carbocycles. The Kier molecular flexibility index (Phi) is 14.7. The normalized spacial score (nSPS) is 7.72. The first-order chi connectivity index (χ1) is 8.90. The molecule has 0 atom stereocenters. The number of thiol groups is 1. The van der Waals surface area contributed by atoms with Gasteiger partial charge >= 0.3 is 0 Å². The third-order valence-corrected chi connectivity index (χ3v) is 1.93. The van der Waals surface area contributed by atoms with Gasteiger partial charge in [0.15, 0.2) is 0 Å². The van der Waals surface area contributed by atoms with Crippen LogP contribution in [-0.2, 0) is 0 Å². The van der Waals surface area contributed by atoms with Gasteiger partial charge in [0.1, 0.15) is 5.75 Å². The molecule has 1 heterocycles. The minimum Gasteiger partial charge on any atom is -0.429 e. The molecule has 0 aliphatic rings. The Morgan fingerprint density at radius 3 is 2.06 bits per heavy atom. The van der Waals surface area contributed by atoms with Gasteiger partial charge in [0.05, 0.1) is 0 Å². The molecule has 102 valence electrons. The fraction of sp³-hybridized carbons (Fsp3) is 0.400. The van der Waals surface area contributed by atoms with Gasteiger partial charge in [0.25, 0.3) is 0 Å². The smallest absolute Gasteiger partial charge is 0.137 e. The molecule has 0 radical (unpaired) electrons. The van der Waals surface area contributed by atoms with E-state index in [9.17, 15) is 0 Å². The first-order valence-electron chi connectivity index (χ1n) is 6.55. The lowest BCUT2D eigenvalue weighted by Gasteiger charge is -1.99. The van der Waals surface area contributed by atoms with Gasteiger partial charge in [-0.3, -0.25) is 4.98 Å². The average Bonchev–Trinajstić information content (AvgIpc) is 2.52. The maximum Gasteiger partial charge on any atom is 0.137 e. The van der Waals surface area contributed by atoms with Crippen LogP contribution in [0.3, 0.4) is 0 Å². The lowest BCUT2D eigenvalue weighted by molar-refractivity contribution is 0.660. The van der Waals surface area contributed by atoms with Crippen molar-refractivity contribution >= 4 is 23.7 Å². The summed E-state index contributed by atoms with van der Waals surface area (Å²) in [6, 6.07) is 7.70. The topological polar surface area (TPSA) is 22.1 Å². The fourth-order valence-corrected chi connectivity index (χ4v) is 1.23. The second-order valence-electron chi connectivity index (χ2n) is 2.48. The first-order valence-corrected chi connectivity index (χ1v) is 6.92. The Morgan fingerprint density at radius 1 is 0.889 bits per heavy atom. The first kappa shape index (κ1) is 19.1. The Bertz CT molecular complexity index is 404. The summed E-state index contributed by atoms with van der Waals surface area (Å²) in [6.07, 6.45) is 3.56. The number of hydrogen-bond donors (Lipinski definition) is 1. The Labute approximate surface area is 117 Å². The third kappa shape index (κ3) is 6.50. The molecule has 18 heavy (non-hydrogen) atoms. The van der Waals surface area contributed by atoms with E-state index >= 15 is 0 Å². The molecule has 0 N–H and O–H groups in total. The number of rotatable bonds is 1. The van der Waals surface area contributed by atoms with Gasteiger partial charge in [0, 0.05) is 30.7 Å². The highest BCUT2D eigenvalue weighted by Gasteiger charge is 1.94. The predicted molar refractivity (Wildman–Crippen MR) is 85.4 cm³/mol. The third-order valence-electron chi connectivity index (χ3n) is 1.72. The van der Waals surface area contributed by atoms with E-state index in [-0.39, 0.29) is 0 Å². The maximum absolute atomic E-state index is 4.79. The number of aromatic nitrogens is 1. The van der Waals surface area contributed by atoms with Gasteiger partial charge in [-0.2, -0.15) is 0 Å². The van der Waals surface area contributed by atoms with Crippen molar-refractivity contribution in [2.24, 2.45) is 0 Å². The van der Waals surface area contributed by atoms with Crippen LogP contribution in [0.5, 0.6) is 5.75 Å². The van der Waals surface area contributed by atoms with Crippen LogP contribution in [-0.4, -0.2) is 4.98 Å². The van der Waals surface area contributed by atoms with Crippen molar-refractivity contribution in [2.45, 2.75) is 41.5 Å². The van der Waals surface area contributed by atoms with Crippen LogP contribution < -0.4 is 4.18 Å². The minimum absolute atomic E-state index is 0.735. The molecular formula is C15H25NOS.